The predicted molar refractivity (Wildman–Crippen MR) is 69.9 cm³/mol. The Kier molecular flexibility index (Phi) is 3.33. The van der Waals surface area contributed by atoms with Crippen LogP contribution >= 0.6 is 0 Å². The van der Waals surface area contributed by atoms with Gasteiger partial charge in [-0.25, -0.2) is 0 Å². The number of aromatic nitrogens is 1. The number of ketones is 1. The van der Waals surface area contributed by atoms with E-state index in [-0.39, 0.29) is 5.78 Å². The number of hydrogen-bond acceptors (Lipinski definition) is 2. The average Bonchev–Trinajstić information content (AvgIpc) is 2.27. The zero-order chi connectivity index (χ0) is 12.3. The first-order chi connectivity index (χ1) is 8.15. The summed E-state index contributed by atoms with van der Waals surface area (Å²) in [6.07, 6.45) is 2.03. The Hall–Kier alpha value is -1.96. The standard InChI is InChI=1S/C15H15NO/c1-11(2)9-14(17)10-13-8-7-12-5-3-4-6-15(12)16-13/h3-9H,10H2,1-2H3. The highest BCUT2D eigenvalue weighted by atomic mass is 16.1. The van der Waals surface area contributed by atoms with Crippen LogP contribution in [0.1, 0.15) is 19.5 Å². The Bertz CT molecular complexity index is 580. The first kappa shape index (κ1) is 11.5. The SMILES string of the molecule is CC(C)=CC(=O)Cc1ccc2ccccc2n1. The first-order valence-corrected chi connectivity index (χ1v) is 5.67. The average molecular weight is 225 g/mol. The normalized spacial score (nSPS) is 10.2. The van der Waals surface area contributed by atoms with E-state index < -0.39 is 0 Å². The fraction of sp³-hybridized carbons (Fsp3) is 0.200. The van der Waals surface area contributed by atoms with Crippen molar-refractivity contribution in [2.45, 2.75) is 20.3 Å². The summed E-state index contributed by atoms with van der Waals surface area (Å²) in [5.41, 5.74) is 2.79. The number of rotatable bonds is 3. The molecule has 0 fully saturated rings. The lowest BCUT2D eigenvalue weighted by Crippen LogP contribution is -2.01. The molecule has 1 aromatic carbocycles. The van der Waals surface area contributed by atoms with Gasteiger partial charge in [-0.3, -0.25) is 9.78 Å². The van der Waals surface area contributed by atoms with Crippen LogP contribution in [0.25, 0.3) is 10.9 Å². The highest BCUT2D eigenvalue weighted by Gasteiger charge is 2.03. The summed E-state index contributed by atoms with van der Waals surface area (Å²) in [6, 6.07) is 11.8. The number of hydrogen-bond donors (Lipinski definition) is 0. The molecular weight excluding hydrogens is 210 g/mol. The topological polar surface area (TPSA) is 30.0 Å². The third-order valence-corrected chi connectivity index (χ3v) is 2.46. The van der Waals surface area contributed by atoms with Crippen LogP contribution in [0, 0.1) is 0 Å². The molecule has 0 spiro atoms. The van der Waals surface area contributed by atoms with Crippen LogP contribution in [0.3, 0.4) is 0 Å². The molecule has 0 aliphatic rings. The van der Waals surface area contributed by atoms with Gasteiger partial charge in [0.1, 0.15) is 0 Å². The zero-order valence-corrected chi connectivity index (χ0v) is 10.1. The van der Waals surface area contributed by atoms with Crippen molar-refractivity contribution in [1.29, 1.82) is 0 Å². The highest BCUT2D eigenvalue weighted by Crippen LogP contribution is 2.12. The van der Waals surface area contributed by atoms with Gasteiger partial charge in [-0.1, -0.05) is 29.8 Å². The molecule has 0 N–H and O–H groups in total. The van der Waals surface area contributed by atoms with Crippen molar-refractivity contribution >= 4 is 16.7 Å². The number of fused-ring (bicyclic) bond motifs is 1. The minimum Gasteiger partial charge on any atom is -0.294 e. The monoisotopic (exact) mass is 225 g/mol. The molecule has 0 atom stereocenters. The summed E-state index contributed by atoms with van der Waals surface area (Å²) in [5.74, 6) is 0.104. The van der Waals surface area contributed by atoms with Crippen LogP contribution in [0.4, 0.5) is 0 Å². The minimum absolute atomic E-state index is 0.104. The van der Waals surface area contributed by atoms with Crippen LogP contribution < -0.4 is 0 Å². The number of benzene rings is 1. The quantitative estimate of drug-likeness (QED) is 0.750. The van der Waals surface area contributed by atoms with Gasteiger partial charge in [0.05, 0.1) is 11.9 Å². The van der Waals surface area contributed by atoms with Crippen LogP contribution in [-0.2, 0) is 11.2 Å². The van der Waals surface area contributed by atoms with Crippen molar-refractivity contribution in [3.63, 3.8) is 0 Å². The second-order valence-corrected chi connectivity index (χ2v) is 4.36. The van der Waals surface area contributed by atoms with E-state index in [1.54, 1.807) is 6.08 Å². The van der Waals surface area contributed by atoms with Crippen LogP contribution in [0.15, 0.2) is 48.0 Å². The van der Waals surface area contributed by atoms with Crippen LogP contribution in [0.5, 0.6) is 0 Å². The van der Waals surface area contributed by atoms with Gasteiger partial charge < -0.3 is 0 Å². The van der Waals surface area contributed by atoms with Crippen molar-refractivity contribution in [1.82, 2.24) is 4.98 Å². The van der Waals surface area contributed by atoms with Gasteiger partial charge in [-0.05, 0) is 32.1 Å². The molecule has 1 heterocycles. The summed E-state index contributed by atoms with van der Waals surface area (Å²) in [4.78, 5) is 16.1. The van der Waals surface area contributed by atoms with Crippen LogP contribution in [-0.4, -0.2) is 10.8 Å². The number of allylic oxidation sites excluding steroid dienone is 2. The summed E-state index contributed by atoms with van der Waals surface area (Å²) < 4.78 is 0. The Morgan fingerprint density at radius 2 is 1.94 bits per heavy atom. The van der Waals surface area contributed by atoms with Gasteiger partial charge in [0.15, 0.2) is 5.78 Å². The number of nitrogens with zero attached hydrogens (tertiary/aromatic N) is 1. The smallest absolute Gasteiger partial charge is 0.161 e. The summed E-state index contributed by atoms with van der Waals surface area (Å²) >= 11 is 0. The lowest BCUT2D eigenvalue weighted by atomic mass is 10.1. The van der Waals surface area contributed by atoms with Gasteiger partial charge in [0.2, 0.25) is 0 Å². The number of para-hydroxylation sites is 1. The highest BCUT2D eigenvalue weighted by molar-refractivity contribution is 5.92. The van der Waals surface area contributed by atoms with E-state index in [2.05, 4.69) is 4.98 Å². The van der Waals surface area contributed by atoms with Crippen molar-refractivity contribution in [2.75, 3.05) is 0 Å². The molecule has 0 bridgehead atoms. The largest absolute Gasteiger partial charge is 0.294 e. The molecule has 86 valence electrons. The predicted octanol–water partition coefficient (Wildman–Crippen LogP) is 3.31. The van der Waals surface area contributed by atoms with E-state index in [1.807, 2.05) is 50.2 Å². The van der Waals surface area contributed by atoms with E-state index in [4.69, 9.17) is 0 Å². The molecule has 2 rings (SSSR count). The second kappa shape index (κ2) is 4.91. The lowest BCUT2D eigenvalue weighted by molar-refractivity contribution is -0.114. The van der Waals surface area contributed by atoms with Crippen molar-refractivity contribution < 1.29 is 4.79 Å². The molecule has 0 saturated carbocycles. The molecule has 0 aliphatic carbocycles. The molecule has 2 aromatic rings. The maximum Gasteiger partial charge on any atom is 0.161 e. The molecule has 0 amide bonds. The van der Waals surface area contributed by atoms with E-state index in [0.29, 0.717) is 6.42 Å². The van der Waals surface area contributed by atoms with Crippen molar-refractivity contribution in [3.8, 4) is 0 Å². The summed E-state index contributed by atoms with van der Waals surface area (Å²) in [6.45, 7) is 3.84. The van der Waals surface area contributed by atoms with Gasteiger partial charge in [0.25, 0.3) is 0 Å². The maximum absolute atomic E-state index is 11.6. The van der Waals surface area contributed by atoms with Crippen molar-refractivity contribution in [2.24, 2.45) is 0 Å². The molecule has 2 heteroatoms. The number of carbonyl (C=O) groups is 1. The zero-order valence-electron chi connectivity index (χ0n) is 10.1. The molecule has 17 heavy (non-hydrogen) atoms. The van der Waals surface area contributed by atoms with E-state index in [9.17, 15) is 4.79 Å². The Morgan fingerprint density at radius 3 is 2.71 bits per heavy atom. The molecule has 1 aromatic heterocycles. The molecule has 2 nitrogen and oxygen atoms in total. The Morgan fingerprint density at radius 1 is 1.18 bits per heavy atom. The third-order valence-electron chi connectivity index (χ3n) is 2.46. The molecule has 0 radical (unpaired) electrons. The van der Waals surface area contributed by atoms with Gasteiger partial charge in [-0.15, -0.1) is 0 Å². The Balaban J connectivity index is 2.25. The van der Waals surface area contributed by atoms with Gasteiger partial charge in [0, 0.05) is 11.1 Å². The van der Waals surface area contributed by atoms with Crippen molar-refractivity contribution in [3.05, 3.63) is 53.7 Å². The molecule has 0 unspecified atom stereocenters. The summed E-state index contributed by atoms with van der Waals surface area (Å²) in [5, 5.41) is 1.10. The minimum atomic E-state index is 0.104. The molecule has 0 saturated heterocycles. The Labute approximate surface area is 101 Å². The fourth-order valence-corrected chi connectivity index (χ4v) is 1.76. The van der Waals surface area contributed by atoms with E-state index >= 15 is 0 Å². The molecule has 0 aliphatic heterocycles. The first-order valence-electron chi connectivity index (χ1n) is 5.67. The third kappa shape index (κ3) is 3.00. The number of carbonyl (C=O) groups excluding carboxylic acids is 1. The van der Waals surface area contributed by atoms with Gasteiger partial charge >= 0.3 is 0 Å². The van der Waals surface area contributed by atoms with E-state index in [0.717, 1.165) is 22.2 Å². The lowest BCUT2D eigenvalue weighted by Gasteiger charge is -2.01. The van der Waals surface area contributed by atoms with Gasteiger partial charge in [-0.2, -0.15) is 0 Å². The fourth-order valence-electron chi connectivity index (χ4n) is 1.76. The maximum atomic E-state index is 11.6. The second-order valence-electron chi connectivity index (χ2n) is 4.36. The summed E-state index contributed by atoms with van der Waals surface area (Å²) in [7, 11) is 0. The van der Waals surface area contributed by atoms with E-state index in [1.165, 1.54) is 0 Å². The number of pyridine rings is 1. The van der Waals surface area contributed by atoms with Crippen LogP contribution in [0.2, 0.25) is 0 Å². The molecular formula is C15H15NO.